The monoisotopic (exact) mass is 421 g/mol. The van der Waals surface area contributed by atoms with E-state index in [4.69, 9.17) is 35.4 Å². The molecule has 27 heavy (non-hydrogen) atoms. The van der Waals surface area contributed by atoms with Crippen molar-refractivity contribution >= 4 is 58.0 Å². The van der Waals surface area contributed by atoms with Crippen molar-refractivity contribution in [2.45, 2.75) is 19.0 Å². The summed E-state index contributed by atoms with van der Waals surface area (Å²) in [4.78, 5) is 28.2. The lowest BCUT2D eigenvalue weighted by Gasteiger charge is -2.23. The number of nitrogens with zero attached hydrogens (tertiary/aromatic N) is 2. The van der Waals surface area contributed by atoms with Gasteiger partial charge in [0, 0.05) is 29.3 Å². The normalized spacial score (nSPS) is 16.8. The molecule has 0 spiro atoms. The van der Waals surface area contributed by atoms with Crippen LogP contribution in [0.4, 0.5) is 5.69 Å². The molecule has 140 valence electrons. The molecule has 1 fully saturated rings. The molecule has 1 atom stereocenters. The number of benzene rings is 2. The fourth-order valence-electron chi connectivity index (χ4n) is 2.86. The molecule has 1 aliphatic rings. The number of likely N-dealkylation sites (N-methyl/N-ethyl adjacent to an activating group) is 1. The Morgan fingerprint density at radius 1 is 1.07 bits per heavy atom. The number of thiocarbonyl (C=S) groups is 1. The fraction of sp³-hybridized carbons (Fsp3) is 0.211. The first-order chi connectivity index (χ1) is 12.8. The van der Waals surface area contributed by atoms with E-state index in [1.165, 1.54) is 4.90 Å². The van der Waals surface area contributed by atoms with Crippen molar-refractivity contribution in [2.24, 2.45) is 0 Å². The van der Waals surface area contributed by atoms with E-state index in [2.05, 4.69) is 5.32 Å². The van der Waals surface area contributed by atoms with Crippen LogP contribution in [0, 0.1) is 0 Å². The maximum absolute atomic E-state index is 12.6. The molecule has 1 heterocycles. The van der Waals surface area contributed by atoms with Gasteiger partial charge in [-0.3, -0.25) is 14.5 Å². The van der Waals surface area contributed by atoms with E-state index in [-0.39, 0.29) is 18.2 Å². The third-order valence-electron chi connectivity index (χ3n) is 4.30. The van der Waals surface area contributed by atoms with Crippen LogP contribution in [0.2, 0.25) is 10.0 Å². The summed E-state index contributed by atoms with van der Waals surface area (Å²) < 4.78 is 0. The molecule has 2 aromatic rings. The topological polar surface area (TPSA) is 52.7 Å². The van der Waals surface area contributed by atoms with E-state index >= 15 is 0 Å². The van der Waals surface area contributed by atoms with E-state index in [9.17, 15) is 9.59 Å². The van der Waals surface area contributed by atoms with E-state index in [0.717, 1.165) is 5.56 Å². The molecule has 1 saturated heterocycles. The highest BCUT2D eigenvalue weighted by atomic mass is 35.5. The minimum atomic E-state index is -0.648. The minimum Gasteiger partial charge on any atom is -0.332 e. The van der Waals surface area contributed by atoms with Gasteiger partial charge in [0.15, 0.2) is 5.11 Å². The van der Waals surface area contributed by atoms with E-state index in [1.54, 1.807) is 48.3 Å². The Labute approximate surface area is 172 Å². The molecule has 5 nitrogen and oxygen atoms in total. The summed E-state index contributed by atoms with van der Waals surface area (Å²) in [5.74, 6) is -0.463. The molecule has 0 aromatic heterocycles. The number of halogens is 2. The van der Waals surface area contributed by atoms with Gasteiger partial charge in [-0.05, 0) is 54.2 Å². The first kappa shape index (κ1) is 19.6. The first-order valence-electron chi connectivity index (χ1n) is 8.23. The first-order valence-corrected chi connectivity index (χ1v) is 9.39. The Balaban J connectivity index is 1.72. The minimum absolute atomic E-state index is 0.000467. The van der Waals surface area contributed by atoms with Crippen molar-refractivity contribution in [3.63, 3.8) is 0 Å². The van der Waals surface area contributed by atoms with Gasteiger partial charge < -0.3 is 10.2 Å². The number of hydrogen-bond donors (Lipinski definition) is 1. The predicted octanol–water partition coefficient (Wildman–Crippen LogP) is 3.95. The van der Waals surface area contributed by atoms with Crippen molar-refractivity contribution < 1.29 is 9.59 Å². The number of amides is 2. The Morgan fingerprint density at radius 2 is 1.63 bits per heavy atom. The maximum atomic E-state index is 12.6. The molecule has 8 heteroatoms. The molecule has 0 saturated carbocycles. The molecular weight excluding hydrogens is 405 g/mol. The van der Waals surface area contributed by atoms with Crippen LogP contribution in [0.5, 0.6) is 0 Å². The number of carbonyl (C=O) groups is 2. The fourth-order valence-corrected chi connectivity index (χ4v) is 3.39. The average molecular weight is 422 g/mol. The van der Waals surface area contributed by atoms with Crippen LogP contribution in [-0.2, 0) is 16.1 Å². The Bertz CT molecular complexity index is 872. The van der Waals surface area contributed by atoms with Crippen LogP contribution < -0.4 is 5.32 Å². The maximum Gasteiger partial charge on any atom is 0.251 e. The standard InChI is InChI=1S/C19H17Cl2N3O2S/c1-23-18(26)16(10-17(25)22-15-8-6-14(21)7-9-15)24(19(23)27)11-12-2-4-13(20)5-3-12/h2-9,16H,10-11H2,1H3,(H,22,25)/t16-/m1/s1. The Hall–Kier alpha value is -2.15. The zero-order valence-corrected chi connectivity index (χ0v) is 16.8. The lowest BCUT2D eigenvalue weighted by Crippen LogP contribution is -2.37. The lowest BCUT2D eigenvalue weighted by molar-refractivity contribution is -0.130. The molecular formula is C19H17Cl2N3O2S. The summed E-state index contributed by atoms with van der Waals surface area (Å²) in [5.41, 5.74) is 1.57. The molecule has 3 rings (SSSR count). The van der Waals surface area contributed by atoms with Gasteiger partial charge in [0.2, 0.25) is 5.91 Å². The highest BCUT2D eigenvalue weighted by Crippen LogP contribution is 2.23. The second-order valence-corrected chi connectivity index (χ2v) is 7.45. The third kappa shape index (κ3) is 4.58. The van der Waals surface area contributed by atoms with Gasteiger partial charge in [-0.1, -0.05) is 35.3 Å². The van der Waals surface area contributed by atoms with E-state index in [0.29, 0.717) is 27.4 Å². The highest BCUT2D eigenvalue weighted by Gasteiger charge is 2.41. The quantitative estimate of drug-likeness (QED) is 0.742. The van der Waals surface area contributed by atoms with Gasteiger partial charge in [-0.25, -0.2) is 0 Å². The van der Waals surface area contributed by atoms with Gasteiger partial charge in [0.1, 0.15) is 6.04 Å². The van der Waals surface area contributed by atoms with Crippen molar-refractivity contribution in [3.8, 4) is 0 Å². The average Bonchev–Trinajstić information content (AvgIpc) is 2.83. The van der Waals surface area contributed by atoms with Gasteiger partial charge >= 0.3 is 0 Å². The summed E-state index contributed by atoms with van der Waals surface area (Å²) >= 11 is 17.2. The van der Waals surface area contributed by atoms with Crippen LogP contribution in [0.15, 0.2) is 48.5 Å². The van der Waals surface area contributed by atoms with E-state index in [1.807, 2.05) is 12.1 Å². The van der Waals surface area contributed by atoms with Crippen LogP contribution in [0.1, 0.15) is 12.0 Å². The van der Waals surface area contributed by atoms with Crippen LogP contribution >= 0.6 is 35.4 Å². The molecule has 0 aliphatic carbocycles. The second-order valence-electron chi connectivity index (χ2n) is 6.21. The molecule has 1 aliphatic heterocycles. The largest absolute Gasteiger partial charge is 0.332 e. The molecule has 2 aromatic carbocycles. The van der Waals surface area contributed by atoms with Gasteiger partial charge in [0.25, 0.3) is 5.91 Å². The van der Waals surface area contributed by atoms with Crippen molar-refractivity contribution in [1.82, 2.24) is 9.80 Å². The third-order valence-corrected chi connectivity index (χ3v) is 5.31. The summed E-state index contributed by atoms with van der Waals surface area (Å²) in [6, 6.07) is 13.5. The molecule has 2 amide bonds. The smallest absolute Gasteiger partial charge is 0.251 e. The summed E-state index contributed by atoms with van der Waals surface area (Å²) in [5, 5.41) is 4.40. The van der Waals surface area contributed by atoms with Gasteiger partial charge in [-0.15, -0.1) is 0 Å². The van der Waals surface area contributed by atoms with Crippen LogP contribution in [0.25, 0.3) is 0 Å². The van der Waals surface area contributed by atoms with Gasteiger partial charge in [0.05, 0.1) is 6.42 Å². The van der Waals surface area contributed by atoms with Gasteiger partial charge in [-0.2, -0.15) is 0 Å². The number of hydrogen-bond acceptors (Lipinski definition) is 3. The predicted molar refractivity (Wildman–Crippen MR) is 111 cm³/mol. The molecule has 0 bridgehead atoms. The summed E-state index contributed by atoms with van der Waals surface area (Å²) in [6.45, 7) is 0.422. The molecule has 0 radical (unpaired) electrons. The Kier molecular flexibility index (Phi) is 5.99. The summed E-state index contributed by atoms with van der Waals surface area (Å²) in [7, 11) is 1.62. The van der Waals surface area contributed by atoms with Crippen LogP contribution in [0.3, 0.4) is 0 Å². The molecule has 0 unspecified atom stereocenters. The van der Waals surface area contributed by atoms with E-state index < -0.39 is 6.04 Å². The number of nitrogens with one attached hydrogen (secondary N) is 1. The summed E-state index contributed by atoms with van der Waals surface area (Å²) in [6.07, 6.45) is -0.000467. The Morgan fingerprint density at radius 3 is 2.22 bits per heavy atom. The van der Waals surface area contributed by atoms with Crippen molar-refractivity contribution in [3.05, 3.63) is 64.1 Å². The number of anilines is 1. The molecule has 1 N–H and O–H groups in total. The van der Waals surface area contributed by atoms with Crippen molar-refractivity contribution in [2.75, 3.05) is 12.4 Å². The zero-order valence-electron chi connectivity index (χ0n) is 14.5. The second kappa shape index (κ2) is 8.25. The zero-order chi connectivity index (χ0) is 19.6. The number of carbonyl (C=O) groups excluding carboxylic acids is 2. The highest BCUT2D eigenvalue weighted by molar-refractivity contribution is 7.80. The lowest BCUT2D eigenvalue weighted by atomic mass is 10.1. The number of rotatable bonds is 5. The van der Waals surface area contributed by atoms with Crippen LogP contribution in [-0.4, -0.2) is 39.8 Å². The van der Waals surface area contributed by atoms with Crippen molar-refractivity contribution in [1.29, 1.82) is 0 Å². The SMILES string of the molecule is CN1C(=O)[C@@H](CC(=O)Nc2ccc(Cl)cc2)N(Cc2ccc(Cl)cc2)C1=S.